The maximum absolute atomic E-state index is 2.48. The molecule has 78 valence electrons. The van der Waals surface area contributed by atoms with Crippen LogP contribution in [0.2, 0.25) is 0 Å². The third kappa shape index (κ3) is 2.44. The van der Waals surface area contributed by atoms with Crippen molar-refractivity contribution in [3.05, 3.63) is 0 Å². The average Bonchev–Trinajstić information content (AvgIpc) is 2.05. The molecule has 2 heteroatoms. The number of piperidine rings is 1. The molecule has 2 heterocycles. The van der Waals surface area contributed by atoms with Gasteiger partial charge in [0.05, 0.1) is 0 Å². The monoisotopic (exact) mass is 184 g/mol. The molecule has 2 nitrogen and oxygen atoms in total. The fourth-order valence-corrected chi connectivity index (χ4v) is 2.81. The molecule has 0 aliphatic carbocycles. The van der Waals surface area contributed by atoms with Crippen LogP contribution in [-0.2, 0) is 0 Å². The lowest BCUT2D eigenvalue weighted by molar-refractivity contribution is -0.0330. The van der Waals surface area contributed by atoms with Gasteiger partial charge in [0.25, 0.3) is 0 Å². The van der Waals surface area contributed by atoms with Gasteiger partial charge in [-0.3, -0.25) is 0 Å². The molecule has 0 atom stereocenters. The molecule has 0 aromatic carbocycles. The normalized spacial score (nSPS) is 27.7. The Hall–Kier alpha value is -0.0800. The minimum atomic E-state index is 0.696. The van der Waals surface area contributed by atoms with E-state index in [0.717, 1.165) is 0 Å². The van der Waals surface area contributed by atoms with Crippen LogP contribution in [0, 0.1) is 5.41 Å². The summed E-state index contributed by atoms with van der Waals surface area (Å²) in [5.74, 6) is 0. The molecule has 2 aliphatic rings. The molecule has 0 unspecified atom stereocenters. The molecule has 0 saturated carbocycles. The molecular formula is C11H24N2. The van der Waals surface area contributed by atoms with E-state index in [2.05, 4.69) is 23.9 Å². The molecule has 1 spiro atoms. The van der Waals surface area contributed by atoms with E-state index in [1.54, 1.807) is 0 Å². The molecule has 0 bridgehead atoms. The Morgan fingerprint density at radius 2 is 1.46 bits per heavy atom. The Kier molecular flexibility index (Phi) is 3.74. The smallest absolute Gasteiger partial charge is 0.00849 e. The first-order chi connectivity index (χ1) is 6.20. The lowest BCUT2D eigenvalue weighted by Gasteiger charge is -2.53. The Bertz CT molecular complexity index is 145. The molecule has 2 aliphatic heterocycles. The van der Waals surface area contributed by atoms with Gasteiger partial charge in [-0.1, -0.05) is 13.8 Å². The Balaban J connectivity index is 0.000000396. The van der Waals surface area contributed by atoms with Gasteiger partial charge in [-0.25, -0.2) is 0 Å². The molecular weight excluding hydrogens is 160 g/mol. The predicted molar refractivity (Wildman–Crippen MR) is 58.0 cm³/mol. The second kappa shape index (κ2) is 4.43. The third-order valence-corrected chi connectivity index (χ3v) is 3.06. The first-order valence-electron chi connectivity index (χ1n) is 5.57. The van der Waals surface area contributed by atoms with E-state index in [9.17, 15) is 0 Å². The summed E-state index contributed by atoms with van der Waals surface area (Å²) < 4.78 is 0. The van der Waals surface area contributed by atoms with Crippen LogP contribution in [0.15, 0.2) is 0 Å². The van der Waals surface area contributed by atoms with Crippen molar-refractivity contribution >= 4 is 0 Å². The van der Waals surface area contributed by atoms with Crippen LogP contribution in [0.1, 0.15) is 26.7 Å². The fraction of sp³-hybridized carbons (Fsp3) is 1.00. The highest BCUT2D eigenvalue weighted by Crippen LogP contribution is 2.37. The van der Waals surface area contributed by atoms with Crippen molar-refractivity contribution in [1.29, 1.82) is 0 Å². The zero-order valence-electron chi connectivity index (χ0n) is 9.64. The summed E-state index contributed by atoms with van der Waals surface area (Å²) in [7, 11) is 4.47. The van der Waals surface area contributed by atoms with Gasteiger partial charge in [-0.2, -0.15) is 0 Å². The second-order valence-corrected chi connectivity index (χ2v) is 4.51. The lowest BCUT2D eigenvalue weighted by Crippen LogP contribution is -2.60. The number of hydrogen-bond acceptors (Lipinski definition) is 2. The highest BCUT2D eigenvalue weighted by Gasteiger charge is 2.42. The zero-order chi connectivity index (χ0) is 9.90. The first-order valence-corrected chi connectivity index (χ1v) is 5.57. The van der Waals surface area contributed by atoms with Gasteiger partial charge in [0, 0.05) is 25.0 Å². The summed E-state index contributed by atoms with van der Waals surface area (Å²) in [4.78, 5) is 4.91. The summed E-state index contributed by atoms with van der Waals surface area (Å²) in [5.41, 5.74) is 0.696. The van der Waals surface area contributed by atoms with Crippen molar-refractivity contribution in [1.82, 2.24) is 9.80 Å². The van der Waals surface area contributed by atoms with Crippen LogP contribution in [0.5, 0.6) is 0 Å². The van der Waals surface area contributed by atoms with Crippen LogP contribution < -0.4 is 0 Å². The van der Waals surface area contributed by atoms with Crippen LogP contribution in [-0.4, -0.2) is 50.1 Å². The van der Waals surface area contributed by atoms with Crippen molar-refractivity contribution in [2.45, 2.75) is 26.7 Å². The number of nitrogens with zero attached hydrogens (tertiary/aromatic N) is 2. The number of likely N-dealkylation sites (tertiary alicyclic amines) is 2. The average molecular weight is 184 g/mol. The summed E-state index contributed by atoms with van der Waals surface area (Å²) in [5, 5.41) is 0. The molecule has 0 radical (unpaired) electrons. The highest BCUT2D eigenvalue weighted by molar-refractivity contribution is 4.97. The van der Waals surface area contributed by atoms with Gasteiger partial charge in [0.2, 0.25) is 0 Å². The summed E-state index contributed by atoms with van der Waals surface area (Å²) in [6, 6.07) is 0. The van der Waals surface area contributed by atoms with Crippen molar-refractivity contribution < 1.29 is 0 Å². The van der Waals surface area contributed by atoms with E-state index in [-0.39, 0.29) is 0 Å². The third-order valence-electron chi connectivity index (χ3n) is 3.06. The van der Waals surface area contributed by atoms with Gasteiger partial charge in [0.1, 0.15) is 0 Å². The standard InChI is InChI=1S/C9H18N2.C2H6/c1-10-5-3-4-9(6-10)7-11(2)8-9;1-2/h3-8H2,1-2H3;1-2H3. The van der Waals surface area contributed by atoms with Gasteiger partial charge < -0.3 is 9.80 Å². The minimum absolute atomic E-state index is 0.696. The molecule has 2 saturated heterocycles. The van der Waals surface area contributed by atoms with Crippen LogP contribution in [0.4, 0.5) is 0 Å². The first kappa shape index (κ1) is 11.0. The zero-order valence-corrected chi connectivity index (χ0v) is 9.64. The van der Waals surface area contributed by atoms with Crippen LogP contribution >= 0.6 is 0 Å². The minimum Gasteiger partial charge on any atom is -0.306 e. The van der Waals surface area contributed by atoms with Crippen molar-refractivity contribution in [2.75, 3.05) is 40.3 Å². The largest absolute Gasteiger partial charge is 0.306 e. The van der Waals surface area contributed by atoms with E-state index in [1.807, 2.05) is 13.8 Å². The van der Waals surface area contributed by atoms with Gasteiger partial charge in [-0.05, 0) is 33.5 Å². The van der Waals surface area contributed by atoms with Gasteiger partial charge >= 0.3 is 0 Å². The van der Waals surface area contributed by atoms with E-state index >= 15 is 0 Å². The van der Waals surface area contributed by atoms with Crippen molar-refractivity contribution in [3.63, 3.8) is 0 Å². The SMILES string of the molecule is CC.CN1CCCC2(C1)CN(C)C2. The predicted octanol–water partition coefficient (Wildman–Crippen LogP) is 1.67. The van der Waals surface area contributed by atoms with Crippen LogP contribution in [0.3, 0.4) is 0 Å². The second-order valence-electron chi connectivity index (χ2n) is 4.51. The molecule has 2 rings (SSSR count). The van der Waals surface area contributed by atoms with E-state index in [1.165, 1.54) is 39.0 Å². The Morgan fingerprint density at radius 1 is 0.923 bits per heavy atom. The highest BCUT2D eigenvalue weighted by atomic mass is 15.2. The summed E-state index contributed by atoms with van der Waals surface area (Å²) in [6.45, 7) is 9.30. The summed E-state index contributed by atoms with van der Waals surface area (Å²) in [6.07, 6.45) is 2.87. The fourth-order valence-electron chi connectivity index (χ4n) is 2.81. The molecule has 0 aromatic heterocycles. The quantitative estimate of drug-likeness (QED) is 0.565. The van der Waals surface area contributed by atoms with E-state index in [4.69, 9.17) is 0 Å². The lowest BCUT2D eigenvalue weighted by atomic mass is 9.74. The van der Waals surface area contributed by atoms with E-state index < -0.39 is 0 Å². The molecule has 2 fully saturated rings. The molecule has 13 heavy (non-hydrogen) atoms. The topological polar surface area (TPSA) is 6.48 Å². The van der Waals surface area contributed by atoms with E-state index in [0.29, 0.717) is 5.41 Å². The molecule has 0 amide bonds. The number of hydrogen-bond donors (Lipinski definition) is 0. The maximum atomic E-state index is 2.48. The molecule has 0 aromatic rings. The van der Waals surface area contributed by atoms with Crippen LogP contribution in [0.25, 0.3) is 0 Å². The number of rotatable bonds is 0. The summed E-state index contributed by atoms with van der Waals surface area (Å²) >= 11 is 0. The van der Waals surface area contributed by atoms with Crippen molar-refractivity contribution in [2.24, 2.45) is 5.41 Å². The Morgan fingerprint density at radius 3 is 1.92 bits per heavy atom. The van der Waals surface area contributed by atoms with Gasteiger partial charge in [-0.15, -0.1) is 0 Å². The van der Waals surface area contributed by atoms with Gasteiger partial charge in [0.15, 0.2) is 0 Å². The van der Waals surface area contributed by atoms with Crippen molar-refractivity contribution in [3.8, 4) is 0 Å². The molecule has 0 N–H and O–H groups in total. The Labute approximate surface area is 82.9 Å². The maximum Gasteiger partial charge on any atom is 0.00849 e.